The van der Waals surface area contributed by atoms with Gasteiger partial charge in [-0.05, 0) is 23.6 Å². The molecule has 2 aromatic heterocycles. The molecule has 0 fully saturated rings. The van der Waals surface area contributed by atoms with Gasteiger partial charge in [-0.3, -0.25) is 10.1 Å². The Balaban J connectivity index is 1.52. The summed E-state index contributed by atoms with van der Waals surface area (Å²) < 4.78 is 6.65. The van der Waals surface area contributed by atoms with E-state index in [0.717, 1.165) is 26.4 Å². The summed E-state index contributed by atoms with van der Waals surface area (Å²) in [4.78, 5) is 17.1. The maximum absolute atomic E-state index is 12.5. The molecule has 0 unspecified atom stereocenters. The summed E-state index contributed by atoms with van der Waals surface area (Å²) >= 11 is 1.46. The zero-order valence-corrected chi connectivity index (χ0v) is 13.8. The number of hydrogen-bond acceptors (Lipinski definition) is 4. The highest BCUT2D eigenvalue weighted by atomic mass is 32.1. The molecule has 0 aliphatic heterocycles. The molecular formula is C20H12N2O2S. The second-order valence-corrected chi connectivity index (χ2v) is 6.79. The molecule has 4 nitrogen and oxygen atoms in total. The van der Waals surface area contributed by atoms with Gasteiger partial charge in [0.2, 0.25) is 0 Å². The number of benzene rings is 3. The van der Waals surface area contributed by atoms with Crippen LogP contribution in [-0.2, 0) is 0 Å². The number of thiazole rings is 1. The van der Waals surface area contributed by atoms with Gasteiger partial charge < -0.3 is 4.42 Å². The van der Waals surface area contributed by atoms with Crippen LogP contribution in [0.2, 0.25) is 0 Å². The molecule has 3 aromatic carbocycles. The molecule has 0 spiro atoms. The molecule has 0 radical (unpaired) electrons. The SMILES string of the molecule is O=C(Nc1nc2c(ccc3ccccc32)s1)c1cc2ccccc2o1. The van der Waals surface area contributed by atoms with Gasteiger partial charge in [-0.2, -0.15) is 0 Å². The van der Waals surface area contributed by atoms with Gasteiger partial charge in [-0.1, -0.05) is 59.9 Å². The van der Waals surface area contributed by atoms with Gasteiger partial charge in [0.15, 0.2) is 10.9 Å². The van der Waals surface area contributed by atoms with Crippen LogP contribution in [0, 0.1) is 0 Å². The molecule has 0 bridgehead atoms. The number of anilines is 1. The second kappa shape index (κ2) is 5.43. The van der Waals surface area contributed by atoms with Crippen molar-refractivity contribution >= 4 is 54.3 Å². The summed E-state index contributed by atoms with van der Waals surface area (Å²) in [6.45, 7) is 0. The largest absolute Gasteiger partial charge is 0.451 e. The molecule has 120 valence electrons. The summed E-state index contributed by atoms with van der Waals surface area (Å²) in [6, 6.07) is 21.5. The molecule has 1 N–H and O–H groups in total. The Kier molecular flexibility index (Phi) is 3.08. The van der Waals surface area contributed by atoms with Gasteiger partial charge in [0.25, 0.3) is 5.91 Å². The van der Waals surface area contributed by atoms with Crippen molar-refractivity contribution in [2.24, 2.45) is 0 Å². The molecule has 2 heterocycles. The van der Waals surface area contributed by atoms with E-state index in [9.17, 15) is 4.79 Å². The van der Waals surface area contributed by atoms with Crippen molar-refractivity contribution in [3.05, 3.63) is 72.5 Å². The van der Waals surface area contributed by atoms with Crippen molar-refractivity contribution in [2.45, 2.75) is 0 Å². The maximum Gasteiger partial charge on any atom is 0.293 e. The number of nitrogens with zero attached hydrogens (tertiary/aromatic N) is 1. The fourth-order valence-electron chi connectivity index (χ4n) is 2.97. The van der Waals surface area contributed by atoms with Crippen molar-refractivity contribution in [3.8, 4) is 0 Å². The van der Waals surface area contributed by atoms with Crippen LogP contribution in [0.1, 0.15) is 10.6 Å². The van der Waals surface area contributed by atoms with Gasteiger partial charge in [-0.15, -0.1) is 0 Å². The number of para-hydroxylation sites is 1. The molecule has 0 saturated heterocycles. The fourth-order valence-corrected chi connectivity index (χ4v) is 3.84. The third-order valence-corrected chi connectivity index (χ3v) is 5.09. The van der Waals surface area contributed by atoms with Crippen molar-refractivity contribution in [2.75, 3.05) is 5.32 Å². The van der Waals surface area contributed by atoms with Crippen LogP contribution in [0.5, 0.6) is 0 Å². The molecule has 5 rings (SSSR count). The van der Waals surface area contributed by atoms with Gasteiger partial charge in [0.05, 0.1) is 10.2 Å². The average Bonchev–Trinajstić information content (AvgIpc) is 3.25. The Morgan fingerprint density at radius 2 is 1.76 bits per heavy atom. The fraction of sp³-hybridized carbons (Fsp3) is 0. The van der Waals surface area contributed by atoms with Gasteiger partial charge in [0.1, 0.15) is 5.58 Å². The number of aromatic nitrogens is 1. The molecular weight excluding hydrogens is 332 g/mol. The predicted octanol–water partition coefficient (Wildman–Crippen LogP) is 5.45. The summed E-state index contributed by atoms with van der Waals surface area (Å²) in [5.41, 5.74) is 1.60. The second-order valence-electron chi connectivity index (χ2n) is 5.76. The highest BCUT2D eigenvalue weighted by Gasteiger charge is 2.15. The standard InChI is InChI=1S/C20H12N2O2S/c23-19(16-11-13-6-2-4-8-15(13)24-16)22-20-21-18-14-7-3-1-5-12(14)9-10-17(18)25-20/h1-11H,(H,21,22,23). The highest BCUT2D eigenvalue weighted by molar-refractivity contribution is 7.22. The molecule has 0 aliphatic rings. The third-order valence-electron chi connectivity index (χ3n) is 4.15. The van der Waals surface area contributed by atoms with E-state index in [1.165, 1.54) is 11.3 Å². The normalized spacial score (nSPS) is 11.4. The van der Waals surface area contributed by atoms with Crippen LogP contribution in [0.25, 0.3) is 32.0 Å². The Morgan fingerprint density at radius 1 is 0.960 bits per heavy atom. The Hall–Kier alpha value is -3.18. The quantitative estimate of drug-likeness (QED) is 0.463. The van der Waals surface area contributed by atoms with E-state index in [1.54, 1.807) is 6.07 Å². The lowest BCUT2D eigenvalue weighted by molar-refractivity contribution is 0.0998. The summed E-state index contributed by atoms with van der Waals surface area (Å²) in [5, 5.41) is 6.54. The van der Waals surface area contributed by atoms with Crippen LogP contribution in [0.4, 0.5) is 5.13 Å². The van der Waals surface area contributed by atoms with E-state index < -0.39 is 0 Å². The number of carbonyl (C=O) groups is 1. The third kappa shape index (κ3) is 2.37. The van der Waals surface area contributed by atoms with Gasteiger partial charge in [0, 0.05) is 10.8 Å². The van der Waals surface area contributed by atoms with E-state index in [2.05, 4.69) is 22.4 Å². The smallest absolute Gasteiger partial charge is 0.293 e. The number of rotatable bonds is 2. The van der Waals surface area contributed by atoms with E-state index in [-0.39, 0.29) is 11.7 Å². The Morgan fingerprint density at radius 3 is 2.64 bits per heavy atom. The molecule has 0 saturated carbocycles. The first-order valence-corrected chi connectivity index (χ1v) is 8.68. The first-order chi connectivity index (χ1) is 12.3. The lowest BCUT2D eigenvalue weighted by Crippen LogP contribution is -2.10. The predicted molar refractivity (Wildman–Crippen MR) is 101 cm³/mol. The van der Waals surface area contributed by atoms with Crippen LogP contribution in [-0.4, -0.2) is 10.9 Å². The number of carbonyl (C=O) groups excluding carboxylic acids is 1. The lowest BCUT2D eigenvalue weighted by Gasteiger charge is -1.97. The van der Waals surface area contributed by atoms with Crippen LogP contribution in [0.3, 0.4) is 0 Å². The maximum atomic E-state index is 12.5. The molecule has 5 aromatic rings. The molecule has 0 atom stereocenters. The van der Waals surface area contributed by atoms with E-state index >= 15 is 0 Å². The van der Waals surface area contributed by atoms with Crippen molar-refractivity contribution in [3.63, 3.8) is 0 Å². The molecule has 5 heteroatoms. The average molecular weight is 344 g/mol. The van der Waals surface area contributed by atoms with E-state index in [0.29, 0.717) is 10.7 Å². The zero-order chi connectivity index (χ0) is 16.8. The minimum absolute atomic E-state index is 0.283. The monoisotopic (exact) mass is 344 g/mol. The first-order valence-electron chi connectivity index (χ1n) is 7.86. The molecule has 25 heavy (non-hydrogen) atoms. The number of furan rings is 1. The number of fused-ring (bicyclic) bond motifs is 4. The van der Waals surface area contributed by atoms with Crippen molar-refractivity contribution in [1.29, 1.82) is 0 Å². The van der Waals surface area contributed by atoms with Crippen LogP contribution in [0.15, 0.2) is 71.1 Å². The summed E-state index contributed by atoms with van der Waals surface area (Å²) in [7, 11) is 0. The van der Waals surface area contributed by atoms with Gasteiger partial charge in [-0.25, -0.2) is 4.98 Å². The number of nitrogens with one attached hydrogen (secondary N) is 1. The summed E-state index contributed by atoms with van der Waals surface area (Å²) in [5.74, 6) is -0.00937. The minimum Gasteiger partial charge on any atom is -0.451 e. The van der Waals surface area contributed by atoms with Crippen LogP contribution < -0.4 is 5.32 Å². The van der Waals surface area contributed by atoms with Crippen molar-refractivity contribution < 1.29 is 9.21 Å². The first kappa shape index (κ1) is 14.2. The number of hydrogen-bond donors (Lipinski definition) is 1. The Labute approximate surface area is 146 Å². The summed E-state index contributed by atoms with van der Waals surface area (Å²) in [6.07, 6.45) is 0. The van der Waals surface area contributed by atoms with Gasteiger partial charge >= 0.3 is 0 Å². The van der Waals surface area contributed by atoms with E-state index in [4.69, 9.17) is 4.42 Å². The lowest BCUT2D eigenvalue weighted by atomic mass is 10.1. The topological polar surface area (TPSA) is 55.1 Å². The van der Waals surface area contributed by atoms with Crippen LogP contribution >= 0.6 is 11.3 Å². The zero-order valence-electron chi connectivity index (χ0n) is 13.0. The highest BCUT2D eigenvalue weighted by Crippen LogP contribution is 2.32. The number of amides is 1. The molecule has 0 aliphatic carbocycles. The molecule has 1 amide bonds. The minimum atomic E-state index is -0.292. The van der Waals surface area contributed by atoms with Crippen molar-refractivity contribution in [1.82, 2.24) is 4.98 Å². The van der Waals surface area contributed by atoms with E-state index in [1.807, 2.05) is 48.5 Å². The Bertz CT molecular complexity index is 1220.